The highest BCUT2D eigenvalue weighted by atomic mass is 31.2. The van der Waals surface area contributed by atoms with Crippen molar-refractivity contribution in [2.75, 3.05) is 18.9 Å². The standard InChI is InChI=1S/C34H39N8O10P/c1-20-14-41(34(47)39-31(20)45)27-12-23(44)26(51-27)18-49-53(48,40(15-21-8-4-2-5-9-21)16-22-10-6-3-7-11-22)52-24-13-28(50-25(24)17-43)42-19-36-29-30(42)37-33(35)38-32(29)46/h2-11,14,19,23-28,43-44H,12-13,15-18H2,1H3,(H,39,45,47)(H3,35,37,38,46)/t23-,24-,25+,26+,27+,28+,53?/m0/s1. The summed E-state index contributed by atoms with van der Waals surface area (Å²) >= 11 is 0. The molecule has 0 spiro atoms. The Morgan fingerprint density at radius 3 is 2.25 bits per heavy atom. The molecule has 2 saturated heterocycles. The van der Waals surface area contributed by atoms with Crippen LogP contribution in [-0.2, 0) is 36.2 Å². The molecule has 2 aliphatic heterocycles. The molecule has 0 radical (unpaired) electrons. The number of nitrogen functional groups attached to an aromatic ring is 1. The largest absolute Gasteiger partial charge is 0.409 e. The van der Waals surface area contributed by atoms with Crippen molar-refractivity contribution < 1.29 is 33.3 Å². The Morgan fingerprint density at radius 1 is 0.943 bits per heavy atom. The van der Waals surface area contributed by atoms with Crippen molar-refractivity contribution in [2.24, 2.45) is 0 Å². The number of aromatic amines is 2. The number of aromatic nitrogens is 6. The van der Waals surface area contributed by atoms with Gasteiger partial charge in [-0.15, -0.1) is 0 Å². The first kappa shape index (κ1) is 36.6. The predicted molar refractivity (Wildman–Crippen MR) is 189 cm³/mol. The zero-order valence-corrected chi connectivity index (χ0v) is 29.5. The average molecular weight is 751 g/mol. The van der Waals surface area contributed by atoms with Gasteiger partial charge in [-0.1, -0.05) is 60.7 Å². The molecular formula is C34H39N8O10P. The molecule has 1 unspecified atom stereocenters. The summed E-state index contributed by atoms with van der Waals surface area (Å²) in [5.41, 5.74) is 6.10. The number of anilines is 1. The summed E-state index contributed by atoms with van der Waals surface area (Å²) in [5.74, 6) is -0.122. The van der Waals surface area contributed by atoms with E-state index in [0.717, 1.165) is 11.1 Å². The van der Waals surface area contributed by atoms with Crippen LogP contribution in [0.1, 0.15) is 42.0 Å². The highest BCUT2D eigenvalue weighted by Gasteiger charge is 2.46. The third kappa shape index (κ3) is 7.81. The monoisotopic (exact) mass is 750 g/mol. The second-order valence-corrected chi connectivity index (χ2v) is 14.9. The Kier molecular flexibility index (Phi) is 10.6. The molecule has 3 aromatic heterocycles. The number of aliphatic hydroxyl groups excluding tert-OH is 2. The van der Waals surface area contributed by atoms with E-state index >= 15 is 4.57 Å². The van der Waals surface area contributed by atoms with Crippen LogP contribution in [-0.4, -0.2) is 81.6 Å². The number of benzene rings is 2. The fourth-order valence-electron chi connectivity index (χ4n) is 6.47. The van der Waals surface area contributed by atoms with Crippen LogP contribution in [0.2, 0.25) is 0 Å². The van der Waals surface area contributed by atoms with E-state index in [0.29, 0.717) is 0 Å². The SMILES string of the molecule is Cc1cn([C@H]2C[C@H](O)[C@@H](COP(=O)(O[C@H]3C[C@H](n4cnc5c(=O)[nH]c(N)nc54)O[C@@H]3CO)N(Cc3ccccc3)Cc3ccccc3)O2)c(=O)[nH]c1=O. The van der Waals surface area contributed by atoms with Crippen LogP contribution in [0, 0.1) is 6.92 Å². The van der Waals surface area contributed by atoms with Gasteiger partial charge in [0.2, 0.25) is 5.95 Å². The van der Waals surface area contributed by atoms with Crippen molar-refractivity contribution in [3.05, 3.63) is 121 Å². The molecule has 280 valence electrons. The Labute approximate surface area is 301 Å². The van der Waals surface area contributed by atoms with E-state index in [9.17, 15) is 24.6 Å². The van der Waals surface area contributed by atoms with Crippen LogP contribution in [0.5, 0.6) is 0 Å². The van der Waals surface area contributed by atoms with E-state index in [-0.39, 0.29) is 48.6 Å². The van der Waals surface area contributed by atoms with Gasteiger partial charge in [0.05, 0.1) is 25.6 Å². The van der Waals surface area contributed by atoms with Crippen LogP contribution in [0.25, 0.3) is 11.2 Å². The van der Waals surface area contributed by atoms with Gasteiger partial charge in [0, 0.05) is 37.7 Å². The lowest BCUT2D eigenvalue weighted by Gasteiger charge is -2.33. The number of hydrogen-bond acceptors (Lipinski definition) is 13. The summed E-state index contributed by atoms with van der Waals surface area (Å²) in [6.07, 6.45) is -3.20. The van der Waals surface area contributed by atoms with Gasteiger partial charge in [0.1, 0.15) is 30.8 Å². The lowest BCUT2D eigenvalue weighted by molar-refractivity contribution is -0.0555. The first-order chi connectivity index (χ1) is 25.5. The predicted octanol–water partition coefficient (Wildman–Crippen LogP) is 1.70. The minimum absolute atomic E-state index is 0.00665. The molecule has 0 amide bonds. The zero-order valence-electron chi connectivity index (χ0n) is 28.6. The number of H-pyrrole nitrogens is 2. The molecule has 5 heterocycles. The van der Waals surface area contributed by atoms with E-state index in [1.165, 1.54) is 21.7 Å². The first-order valence-corrected chi connectivity index (χ1v) is 18.4. The zero-order chi connectivity index (χ0) is 37.3. The molecule has 6 N–H and O–H groups in total. The second kappa shape index (κ2) is 15.3. The summed E-state index contributed by atoms with van der Waals surface area (Å²) in [4.78, 5) is 50.0. The number of nitrogens with zero attached hydrogens (tertiary/aromatic N) is 5. The van der Waals surface area contributed by atoms with Crippen molar-refractivity contribution in [3.63, 3.8) is 0 Å². The highest BCUT2D eigenvalue weighted by Crippen LogP contribution is 2.57. The quantitative estimate of drug-likeness (QED) is 0.108. The minimum atomic E-state index is -4.40. The molecule has 5 aromatic rings. The number of hydrogen-bond donors (Lipinski definition) is 5. The van der Waals surface area contributed by atoms with Gasteiger partial charge in [-0.25, -0.2) is 14.3 Å². The van der Waals surface area contributed by atoms with Crippen molar-refractivity contribution >= 4 is 24.9 Å². The lowest BCUT2D eigenvalue weighted by atomic mass is 10.2. The highest BCUT2D eigenvalue weighted by molar-refractivity contribution is 7.51. The fraction of sp³-hybridized carbons (Fsp3) is 0.382. The maximum Gasteiger partial charge on any atom is 0.409 e. The number of aliphatic hydroxyl groups is 2. The van der Waals surface area contributed by atoms with Crippen molar-refractivity contribution in [2.45, 2.75) is 69.7 Å². The normalized spacial score (nSPS) is 24.2. The van der Waals surface area contributed by atoms with E-state index in [1.807, 2.05) is 60.7 Å². The van der Waals surface area contributed by atoms with Crippen LogP contribution < -0.4 is 22.5 Å². The van der Waals surface area contributed by atoms with Crippen LogP contribution >= 0.6 is 7.75 Å². The summed E-state index contributed by atoms with van der Waals surface area (Å²) in [7, 11) is -4.40. The molecule has 0 bridgehead atoms. The molecular weight excluding hydrogens is 711 g/mol. The number of aryl methyl sites for hydroxylation is 1. The van der Waals surface area contributed by atoms with Gasteiger partial charge in [0.25, 0.3) is 11.1 Å². The minimum Gasteiger partial charge on any atom is -0.394 e. The molecule has 0 aliphatic carbocycles. The maximum absolute atomic E-state index is 15.4. The number of ether oxygens (including phenoxy) is 2. The smallest absolute Gasteiger partial charge is 0.394 e. The number of imidazole rings is 1. The van der Waals surface area contributed by atoms with Gasteiger partial charge in [-0.2, -0.15) is 9.65 Å². The van der Waals surface area contributed by atoms with Gasteiger partial charge in [-0.3, -0.25) is 37.7 Å². The summed E-state index contributed by atoms with van der Waals surface area (Å²) in [6.45, 7) is 0.857. The molecule has 7 rings (SSSR count). The molecule has 2 aromatic carbocycles. The van der Waals surface area contributed by atoms with Crippen molar-refractivity contribution in [1.82, 2.24) is 33.7 Å². The third-order valence-electron chi connectivity index (χ3n) is 9.21. The first-order valence-electron chi connectivity index (χ1n) is 16.9. The van der Waals surface area contributed by atoms with Gasteiger partial charge < -0.3 is 25.4 Å². The summed E-state index contributed by atoms with van der Waals surface area (Å²) in [6, 6.07) is 18.6. The number of nitrogens with two attached hydrogens (primary N) is 1. The average Bonchev–Trinajstić information content (AvgIpc) is 3.86. The van der Waals surface area contributed by atoms with Crippen LogP contribution in [0.4, 0.5) is 5.95 Å². The summed E-state index contributed by atoms with van der Waals surface area (Å²) < 4.78 is 44.5. The number of rotatable bonds is 13. The molecule has 2 aliphatic rings. The van der Waals surface area contributed by atoms with Crippen LogP contribution in [0.15, 0.2) is 87.6 Å². The molecule has 7 atom stereocenters. The van der Waals surface area contributed by atoms with Gasteiger partial charge in [0.15, 0.2) is 11.2 Å². The van der Waals surface area contributed by atoms with E-state index in [4.69, 9.17) is 24.3 Å². The van der Waals surface area contributed by atoms with Crippen LogP contribution in [0.3, 0.4) is 0 Å². The number of nitrogens with one attached hydrogen (secondary N) is 2. The van der Waals surface area contributed by atoms with Crippen molar-refractivity contribution in [3.8, 4) is 0 Å². The third-order valence-corrected chi connectivity index (χ3v) is 11.2. The van der Waals surface area contributed by atoms with E-state index < -0.39 is 74.6 Å². The van der Waals surface area contributed by atoms with E-state index in [1.54, 1.807) is 11.6 Å². The molecule has 18 nitrogen and oxygen atoms in total. The van der Waals surface area contributed by atoms with E-state index in [2.05, 4.69) is 19.9 Å². The van der Waals surface area contributed by atoms with Gasteiger partial charge >= 0.3 is 13.4 Å². The molecule has 19 heteroatoms. The molecule has 0 saturated carbocycles. The molecule has 2 fully saturated rings. The molecule has 53 heavy (non-hydrogen) atoms. The fourth-order valence-corrected chi connectivity index (χ4v) is 8.40. The Bertz CT molecular complexity index is 2240. The Morgan fingerprint density at radius 2 is 1.58 bits per heavy atom. The number of fused-ring (bicyclic) bond motifs is 1. The second-order valence-electron chi connectivity index (χ2n) is 12.9. The maximum atomic E-state index is 15.4. The van der Waals surface area contributed by atoms with Crippen molar-refractivity contribution in [1.29, 1.82) is 0 Å². The summed E-state index contributed by atoms with van der Waals surface area (Å²) in [5, 5.41) is 21.5. The topological polar surface area (TPSA) is 242 Å². The van der Waals surface area contributed by atoms with Gasteiger partial charge in [-0.05, 0) is 18.1 Å². The lowest BCUT2D eigenvalue weighted by Crippen LogP contribution is -2.34. The Balaban J connectivity index is 1.20. The Hall–Kier alpha value is -4.78.